The van der Waals surface area contributed by atoms with Gasteiger partial charge in [-0.3, -0.25) is 4.79 Å². The smallest absolute Gasteiger partial charge is 0.225 e. The van der Waals surface area contributed by atoms with Gasteiger partial charge in [-0.1, -0.05) is 12.1 Å². The fourth-order valence-electron chi connectivity index (χ4n) is 4.44. The molecule has 1 aromatic heterocycles. The number of anilines is 2. The summed E-state index contributed by atoms with van der Waals surface area (Å²) in [7, 11) is 3.52. The van der Waals surface area contributed by atoms with Crippen LogP contribution in [0.3, 0.4) is 0 Å². The maximum absolute atomic E-state index is 12.5. The second-order valence-electron chi connectivity index (χ2n) is 8.63. The molecule has 0 radical (unpaired) electrons. The van der Waals surface area contributed by atoms with Gasteiger partial charge in [-0.05, 0) is 43.5 Å². The zero-order chi connectivity index (χ0) is 22.7. The predicted molar refractivity (Wildman–Crippen MR) is 126 cm³/mol. The molecule has 1 saturated heterocycles. The summed E-state index contributed by atoms with van der Waals surface area (Å²) in [5.41, 5.74) is 4.83. The Morgan fingerprint density at radius 2 is 2.12 bits per heavy atom. The molecule has 2 heterocycles. The minimum atomic E-state index is 0.0535. The number of benzene rings is 1. The largest absolute Gasteiger partial charge is 0.388 e. The Balaban J connectivity index is 1.63. The highest BCUT2D eigenvalue weighted by molar-refractivity contribution is 5.77. The van der Waals surface area contributed by atoms with Gasteiger partial charge < -0.3 is 19.9 Å². The summed E-state index contributed by atoms with van der Waals surface area (Å²) >= 11 is 0. The lowest BCUT2D eigenvalue weighted by Crippen LogP contribution is -2.54. The number of aromatic nitrogens is 1. The predicted octanol–water partition coefficient (Wildman–Crippen LogP) is 3.61. The molecule has 1 unspecified atom stereocenters. The number of hydrogen-bond donors (Lipinski definition) is 1. The van der Waals surface area contributed by atoms with Crippen molar-refractivity contribution in [2.45, 2.75) is 38.1 Å². The number of nitrogens with one attached hydrogen (secondary N) is 1. The van der Waals surface area contributed by atoms with E-state index in [2.05, 4.69) is 35.3 Å². The number of ether oxygens (including phenoxy) is 1. The highest BCUT2D eigenvalue weighted by Gasteiger charge is 2.33. The summed E-state index contributed by atoms with van der Waals surface area (Å²) in [6.07, 6.45) is 2.67. The third-order valence-corrected chi connectivity index (χ3v) is 6.35. The van der Waals surface area contributed by atoms with E-state index in [1.807, 2.05) is 30.1 Å². The van der Waals surface area contributed by atoms with Gasteiger partial charge in [0.05, 0.1) is 24.3 Å². The van der Waals surface area contributed by atoms with Crippen molar-refractivity contribution in [1.29, 1.82) is 5.26 Å². The van der Waals surface area contributed by atoms with Crippen molar-refractivity contribution in [2.75, 3.05) is 50.6 Å². The highest BCUT2D eigenvalue weighted by atomic mass is 16.5. The molecule has 4 rings (SSSR count). The van der Waals surface area contributed by atoms with Gasteiger partial charge in [-0.2, -0.15) is 5.26 Å². The van der Waals surface area contributed by atoms with E-state index in [4.69, 9.17) is 9.72 Å². The summed E-state index contributed by atoms with van der Waals surface area (Å²) in [6.45, 7) is 4.46. The van der Waals surface area contributed by atoms with Crippen molar-refractivity contribution >= 4 is 17.4 Å². The number of methoxy groups -OCH3 is 1. The van der Waals surface area contributed by atoms with Crippen molar-refractivity contribution in [2.24, 2.45) is 0 Å². The van der Waals surface area contributed by atoms with Crippen LogP contribution in [0.4, 0.5) is 11.5 Å². The molecule has 1 aliphatic carbocycles. The minimum Gasteiger partial charge on any atom is -0.388 e. The van der Waals surface area contributed by atoms with Gasteiger partial charge in [0, 0.05) is 57.0 Å². The molecule has 0 bridgehead atoms. The Labute approximate surface area is 190 Å². The molecular weight excluding hydrogens is 402 g/mol. The van der Waals surface area contributed by atoms with Crippen LogP contribution in [0.25, 0.3) is 11.1 Å². The first-order chi connectivity index (χ1) is 15.5. The van der Waals surface area contributed by atoms with Crippen LogP contribution in [0.15, 0.2) is 30.3 Å². The summed E-state index contributed by atoms with van der Waals surface area (Å²) < 4.78 is 5.06. The molecule has 1 aromatic carbocycles. The molecule has 168 valence electrons. The molecular formula is C25H31N5O2. The van der Waals surface area contributed by atoms with Crippen LogP contribution in [0.2, 0.25) is 0 Å². The number of piperazine rings is 1. The number of carbonyl (C=O) groups excluding carboxylic acids is 1. The molecule has 1 aliphatic heterocycles. The number of nitriles is 1. The summed E-state index contributed by atoms with van der Waals surface area (Å²) in [5.74, 6) is 1.31. The molecule has 1 atom stereocenters. The number of carbonyl (C=O) groups is 1. The Bertz CT molecular complexity index is 1030. The first-order valence-corrected chi connectivity index (χ1v) is 11.3. The molecule has 1 N–H and O–H groups in total. The molecule has 1 amide bonds. The molecule has 32 heavy (non-hydrogen) atoms. The summed E-state index contributed by atoms with van der Waals surface area (Å²) in [4.78, 5) is 21.7. The van der Waals surface area contributed by atoms with Crippen LogP contribution >= 0.6 is 0 Å². The fraction of sp³-hybridized carbons (Fsp3) is 0.480. The molecule has 2 aromatic rings. The minimum absolute atomic E-state index is 0.0535. The van der Waals surface area contributed by atoms with Crippen LogP contribution in [-0.2, 0) is 9.53 Å². The second kappa shape index (κ2) is 9.58. The number of nitrogens with zero attached hydrogens (tertiary/aromatic N) is 4. The van der Waals surface area contributed by atoms with E-state index in [1.54, 1.807) is 7.11 Å². The van der Waals surface area contributed by atoms with E-state index >= 15 is 0 Å². The van der Waals surface area contributed by atoms with E-state index in [-0.39, 0.29) is 11.9 Å². The summed E-state index contributed by atoms with van der Waals surface area (Å²) in [6, 6.07) is 12.7. The SMILES string of the molecule is CNc1cccc(-c2cc(C#N)c(N3CCN(C(=O)CCOC)C(C)C3)nc2C2CC2)c1. The summed E-state index contributed by atoms with van der Waals surface area (Å²) in [5, 5.41) is 13.2. The van der Waals surface area contributed by atoms with E-state index in [0.717, 1.165) is 41.2 Å². The van der Waals surface area contributed by atoms with Crippen LogP contribution < -0.4 is 10.2 Å². The van der Waals surface area contributed by atoms with Crippen molar-refractivity contribution in [3.05, 3.63) is 41.6 Å². The standard InChI is InChI=1S/C25H31N5O2/c1-17-16-29(10-11-30(17)23(31)9-12-32-3)25-20(15-26)14-22(24(28-25)18-7-8-18)19-5-4-6-21(13-19)27-2/h4-6,13-14,17-18,27H,7-12,16H2,1-3H3. The number of rotatable bonds is 7. The molecule has 1 saturated carbocycles. The zero-order valence-electron chi connectivity index (χ0n) is 19.1. The first kappa shape index (κ1) is 22.1. The fourth-order valence-corrected chi connectivity index (χ4v) is 4.44. The third kappa shape index (κ3) is 4.56. The topological polar surface area (TPSA) is 81.5 Å². The van der Waals surface area contributed by atoms with Gasteiger partial charge in [0.1, 0.15) is 11.9 Å². The van der Waals surface area contributed by atoms with Gasteiger partial charge >= 0.3 is 0 Å². The number of amides is 1. The maximum atomic E-state index is 12.5. The quantitative estimate of drug-likeness (QED) is 0.718. The van der Waals surface area contributed by atoms with Crippen LogP contribution in [0.5, 0.6) is 0 Å². The molecule has 0 spiro atoms. The highest BCUT2D eigenvalue weighted by Crippen LogP contribution is 2.45. The Kier molecular flexibility index (Phi) is 6.61. The average molecular weight is 434 g/mol. The van der Waals surface area contributed by atoms with Gasteiger partial charge in [0.2, 0.25) is 5.91 Å². The normalized spacial score (nSPS) is 18.4. The Morgan fingerprint density at radius 3 is 2.78 bits per heavy atom. The molecule has 7 nitrogen and oxygen atoms in total. The second-order valence-corrected chi connectivity index (χ2v) is 8.63. The Morgan fingerprint density at radius 1 is 1.31 bits per heavy atom. The van der Waals surface area contributed by atoms with Gasteiger partial charge in [-0.25, -0.2) is 4.98 Å². The van der Waals surface area contributed by atoms with E-state index in [0.29, 0.717) is 44.1 Å². The van der Waals surface area contributed by atoms with Crippen molar-refractivity contribution in [3.8, 4) is 17.2 Å². The molecule has 7 heteroatoms. The van der Waals surface area contributed by atoms with Gasteiger partial charge in [-0.15, -0.1) is 0 Å². The van der Waals surface area contributed by atoms with Crippen LogP contribution in [-0.4, -0.2) is 62.2 Å². The monoisotopic (exact) mass is 433 g/mol. The van der Waals surface area contributed by atoms with Crippen molar-refractivity contribution in [1.82, 2.24) is 9.88 Å². The zero-order valence-corrected chi connectivity index (χ0v) is 19.1. The van der Waals surface area contributed by atoms with Crippen molar-refractivity contribution < 1.29 is 9.53 Å². The molecule has 2 aliphatic rings. The molecule has 2 fully saturated rings. The lowest BCUT2D eigenvalue weighted by molar-refractivity contribution is -0.134. The van der Waals surface area contributed by atoms with Crippen LogP contribution in [0, 0.1) is 11.3 Å². The maximum Gasteiger partial charge on any atom is 0.225 e. The average Bonchev–Trinajstić information content (AvgIpc) is 3.67. The third-order valence-electron chi connectivity index (χ3n) is 6.35. The lowest BCUT2D eigenvalue weighted by Gasteiger charge is -2.41. The van der Waals surface area contributed by atoms with E-state index in [9.17, 15) is 10.1 Å². The van der Waals surface area contributed by atoms with Gasteiger partial charge in [0.25, 0.3) is 0 Å². The van der Waals surface area contributed by atoms with E-state index in [1.165, 1.54) is 0 Å². The van der Waals surface area contributed by atoms with Gasteiger partial charge in [0.15, 0.2) is 0 Å². The van der Waals surface area contributed by atoms with E-state index < -0.39 is 0 Å². The Hall–Kier alpha value is -3.11. The van der Waals surface area contributed by atoms with Crippen molar-refractivity contribution in [3.63, 3.8) is 0 Å². The lowest BCUT2D eigenvalue weighted by atomic mass is 9.98. The first-order valence-electron chi connectivity index (χ1n) is 11.3. The number of pyridine rings is 1. The van der Waals surface area contributed by atoms with Crippen LogP contribution in [0.1, 0.15) is 43.4 Å². The number of hydrogen-bond acceptors (Lipinski definition) is 6.